The second-order valence-electron chi connectivity index (χ2n) is 2.64. The second kappa shape index (κ2) is 5.14. The van der Waals surface area contributed by atoms with Crippen molar-refractivity contribution in [2.45, 2.75) is 25.8 Å². The van der Waals surface area contributed by atoms with Gasteiger partial charge < -0.3 is 4.74 Å². The lowest BCUT2D eigenvalue weighted by atomic mass is 10.3. The van der Waals surface area contributed by atoms with Gasteiger partial charge in [0.25, 0.3) is 0 Å². The molecular weight excluding hydrogens is 188 g/mol. The molecule has 1 heterocycles. The van der Waals surface area contributed by atoms with Crippen LogP contribution in [0.3, 0.4) is 0 Å². The predicted octanol–water partition coefficient (Wildman–Crippen LogP) is 2.31. The highest BCUT2D eigenvalue weighted by Gasteiger charge is 2.07. The van der Waals surface area contributed by atoms with Gasteiger partial charge in [0.15, 0.2) is 5.82 Å². The van der Waals surface area contributed by atoms with Crippen molar-refractivity contribution in [3.63, 3.8) is 0 Å². The Bertz CT molecular complexity index is 268. The van der Waals surface area contributed by atoms with Crippen LogP contribution in [0.25, 0.3) is 0 Å². The zero-order valence-corrected chi connectivity index (χ0v) is 8.58. The summed E-state index contributed by atoms with van der Waals surface area (Å²) < 4.78 is 5.36. The number of hydrogen-bond acceptors (Lipinski definition) is 3. The summed E-state index contributed by atoms with van der Waals surface area (Å²) in [6.45, 7) is 4.54. The van der Waals surface area contributed by atoms with Crippen LogP contribution in [0.2, 0.25) is 0 Å². The SMILES string of the molecule is CCOC(C)c1nccc(CCl)n1. The molecule has 1 atom stereocenters. The fraction of sp³-hybridized carbons (Fsp3) is 0.556. The van der Waals surface area contributed by atoms with Crippen LogP contribution in [0.1, 0.15) is 31.5 Å². The van der Waals surface area contributed by atoms with E-state index in [2.05, 4.69) is 9.97 Å². The van der Waals surface area contributed by atoms with E-state index in [1.807, 2.05) is 13.8 Å². The number of nitrogens with zero attached hydrogens (tertiary/aromatic N) is 2. The van der Waals surface area contributed by atoms with Crippen LogP contribution >= 0.6 is 11.6 Å². The Kier molecular flexibility index (Phi) is 4.12. The molecule has 0 fully saturated rings. The highest BCUT2D eigenvalue weighted by atomic mass is 35.5. The Hall–Kier alpha value is -0.670. The Labute approximate surface area is 83.1 Å². The van der Waals surface area contributed by atoms with Gasteiger partial charge in [0.1, 0.15) is 6.10 Å². The summed E-state index contributed by atoms with van der Waals surface area (Å²) in [6, 6.07) is 1.80. The van der Waals surface area contributed by atoms with E-state index in [4.69, 9.17) is 16.3 Å². The topological polar surface area (TPSA) is 35.0 Å². The molecule has 1 unspecified atom stereocenters. The van der Waals surface area contributed by atoms with Gasteiger partial charge >= 0.3 is 0 Å². The van der Waals surface area contributed by atoms with Crippen LogP contribution in [0.4, 0.5) is 0 Å². The van der Waals surface area contributed by atoms with Crippen LogP contribution in [-0.4, -0.2) is 16.6 Å². The maximum atomic E-state index is 5.65. The second-order valence-corrected chi connectivity index (χ2v) is 2.90. The van der Waals surface area contributed by atoms with Gasteiger partial charge in [-0.25, -0.2) is 9.97 Å². The minimum absolute atomic E-state index is 0.0619. The fourth-order valence-corrected chi connectivity index (χ4v) is 1.16. The Morgan fingerprint density at radius 3 is 3.00 bits per heavy atom. The molecule has 0 aliphatic heterocycles. The standard InChI is InChI=1S/C9H13ClN2O/c1-3-13-7(2)9-11-5-4-8(6-10)12-9/h4-5,7H,3,6H2,1-2H3. The number of alkyl halides is 1. The van der Waals surface area contributed by atoms with Crippen molar-refractivity contribution in [2.75, 3.05) is 6.61 Å². The maximum Gasteiger partial charge on any atom is 0.157 e. The first-order valence-corrected chi connectivity index (χ1v) is 4.80. The van der Waals surface area contributed by atoms with Crippen molar-refractivity contribution in [2.24, 2.45) is 0 Å². The molecule has 0 amide bonds. The number of aromatic nitrogens is 2. The van der Waals surface area contributed by atoms with Crippen LogP contribution < -0.4 is 0 Å². The Balaban J connectivity index is 2.75. The molecule has 3 nitrogen and oxygen atoms in total. The molecule has 4 heteroatoms. The quantitative estimate of drug-likeness (QED) is 0.700. The van der Waals surface area contributed by atoms with E-state index in [1.165, 1.54) is 0 Å². The molecule has 1 aromatic heterocycles. The molecule has 1 aromatic rings. The molecular formula is C9H13ClN2O. The van der Waals surface area contributed by atoms with Crippen LogP contribution in [0.5, 0.6) is 0 Å². The monoisotopic (exact) mass is 200 g/mol. The van der Waals surface area contributed by atoms with Crippen LogP contribution in [0, 0.1) is 0 Å². The third-order valence-corrected chi connectivity index (χ3v) is 1.92. The van der Waals surface area contributed by atoms with E-state index in [9.17, 15) is 0 Å². The van der Waals surface area contributed by atoms with Crippen LogP contribution in [-0.2, 0) is 10.6 Å². The molecule has 0 saturated heterocycles. The van der Waals surface area contributed by atoms with Crippen LogP contribution in [0.15, 0.2) is 12.3 Å². The van der Waals surface area contributed by atoms with Crippen molar-refractivity contribution < 1.29 is 4.74 Å². The fourth-order valence-electron chi connectivity index (χ4n) is 1.01. The molecule has 0 bridgehead atoms. The summed E-state index contributed by atoms with van der Waals surface area (Å²) in [5.41, 5.74) is 0.832. The van der Waals surface area contributed by atoms with Gasteiger partial charge in [-0.3, -0.25) is 0 Å². The van der Waals surface area contributed by atoms with Gasteiger partial charge in [-0.15, -0.1) is 11.6 Å². The molecule has 0 aromatic carbocycles. The highest BCUT2D eigenvalue weighted by molar-refractivity contribution is 6.16. The molecule has 0 aliphatic carbocycles. The molecule has 13 heavy (non-hydrogen) atoms. The van der Waals surface area contributed by atoms with Gasteiger partial charge in [-0.05, 0) is 19.9 Å². The van der Waals surface area contributed by atoms with Crippen molar-refractivity contribution >= 4 is 11.6 Å². The molecule has 72 valence electrons. The predicted molar refractivity (Wildman–Crippen MR) is 51.6 cm³/mol. The molecule has 0 spiro atoms. The maximum absolute atomic E-state index is 5.65. The summed E-state index contributed by atoms with van der Waals surface area (Å²) in [6.07, 6.45) is 1.64. The van der Waals surface area contributed by atoms with E-state index in [1.54, 1.807) is 12.3 Å². The first-order chi connectivity index (χ1) is 6.27. The summed E-state index contributed by atoms with van der Waals surface area (Å²) in [4.78, 5) is 8.35. The highest BCUT2D eigenvalue weighted by Crippen LogP contribution is 2.11. The molecule has 0 radical (unpaired) electrons. The summed E-state index contributed by atoms with van der Waals surface area (Å²) >= 11 is 5.65. The van der Waals surface area contributed by atoms with E-state index in [0.29, 0.717) is 18.3 Å². The summed E-state index contributed by atoms with van der Waals surface area (Å²) in [5, 5.41) is 0. The Morgan fingerprint density at radius 2 is 2.38 bits per heavy atom. The van der Waals surface area contributed by atoms with Gasteiger partial charge in [-0.2, -0.15) is 0 Å². The zero-order valence-electron chi connectivity index (χ0n) is 7.83. The summed E-state index contributed by atoms with van der Waals surface area (Å²) in [7, 11) is 0. The van der Waals surface area contributed by atoms with Gasteiger partial charge in [0.2, 0.25) is 0 Å². The van der Waals surface area contributed by atoms with Crippen molar-refractivity contribution in [3.8, 4) is 0 Å². The smallest absolute Gasteiger partial charge is 0.157 e. The number of rotatable bonds is 4. The van der Waals surface area contributed by atoms with Gasteiger partial charge in [0.05, 0.1) is 11.6 Å². The van der Waals surface area contributed by atoms with Crippen molar-refractivity contribution in [1.29, 1.82) is 0 Å². The largest absolute Gasteiger partial charge is 0.371 e. The lowest BCUT2D eigenvalue weighted by Gasteiger charge is -2.09. The van der Waals surface area contributed by atoms with Gasteiger partial charge in [-0.1, -0.05) is 0 Å². The Morgan fingerprint density at radius 1 is 1.62 bits per heavy atom. The lowest BCUT2D eigenvalue weighted by Crippen LogP contribution is -2.05. The number of ether oxygens (including phenoxy) is 1. The lowest BCUT2D eigenvalue weighted by molar-refractivity contribution is 0.0699. The average molecular weight is 201 g/mol. The molecule has 0 N–H and O–H groups in total. The van der Waals surface area contributed by atoms with Crippen molar-refractivity contribution in [1.82, 2.24) is 9.97 Å². The average Bonchev–Trinajstić information content (AvgIpc) is 2.18. The molecule has 0 aliphatic rings. The summed E-state index contributed by atoms with van der Waals surface area (Å²) in [5.74, 6) is 1.11. The third kappa shape index (κ3) is 2.94. The normalized spacial score (nSPS) is 12.8. The molecule has 0 saturated carbocycles. The third-order valence-electron chi connectivity index (χ3n) is 1.65. The van der Waals surface area contributed by atoms with E-state index in [-0.39, 0.29) is 6.10 Å². The van der Waals surface area contributed by atoms with Crippen molar-refractivity contribution in [3.05, 3.63) is 23.8 Å². The minimum Gasteiger partial charge on any atom is -0.371 e. The van der Waals surface area contributed by atoms with E-state index in [0.717, 1.165) is 5.69 Å². The zero-order chi connectivity index (χ0) is 9.68. The van der Waals surface area contributed by atoms with E-state index >= 15 is 0 Å². The van der Waals surface area contributed by atoms with E-state index < -0.39 is 0 Å². The van der Waals surface area contributed by atoms with Gasteiger partial charge in [0, 0.05) is 12.8 Å². The number of halogens is 1. The first-order valence-electron chi connectivity index (χ1n) is 4.27. The minimum atomic E-state index is -0.0619. The first kappa shape index (κ1) is 10.4. The number of hydrogen-bond donors (Lipinski definition) is 0. The molecule has 1 rings (SSSR count).